The van der Waals surface area contributed by atoms with Crippen LogP contribution >= 0.6 is 0 Å². The number of carboxylic acid groups (broad SMARTS) is 1. The summed E-state index contributed by atoms with van der Waals surface area (Å²) in [4.78, 5) is 21.0. The van der Waals surface area contributed by atoms with Crippen molar-refractivity contribution in [3.63, 3.8) is 0 Å². The monoisotopic (exact) mass is 426 g/mol. The minimum absolute atomic E-state index is 0.142. The SMILES string of the molecule is C=C(C)C(=O)OCC1CO1.CC(C)CCCCCCCCCCCCCCC(=O)O. The molecule has 1 unspecified atom stereocenters. The second-order valence-corrected chi connectivity index (χ2v) is 8.90. The summed E-state index contributed by atoms with van der Waals surface area (Å²) in [6, 6.07) is 0. The van der Waals surface area contributed by atoms with Crippen molar-refractivity contribution in [2.75, 3.05) is 13.2 Å². The van der Waals surface area contributed by atoms with E-state index in [9.17, 15) is 9.59 Å². The number of esters is 1. The smallest absolute Gasteiger partial charge is 0.333 e. The minimum atomic E-state index is -0.654. The quantitative estimate of drug-likeness (QED) is 0.114. The maximum atomic E-state index is 10.7. The second-order valence-electron chi connectivity index (χ2n) is 8.90. The highest BCUT2D eigenvalue weighted by atomic mass is 16.6. The van der Waals surface area contributed by atoms with Crippen LogP contribution < -0.4 is 0 Å². The van der Waals surface area contributed by atoms with Gasteiger partial charge in [-0.05, 0) is 19.3 Å². The van der Waals surface area contributed by atoms with E-state index in [1.54, 1.807) is 6.92 Å². The fourth-order valence-corrected chi connectivity index (χ4v) is 3.05. The summed E-state index contributed by atoms with van der Waals surface area (Å²) in [5, 5.41) is 8.52. The molecule has 1 saturated heterocycles. The Morgan fingerprint density at radius 3 is 1.73 bits per heavy atom. The van der Waals surface area contributed by atoms with Gasteiger partial charge in [0, 0.05) is 12.0 Å². The van der Waals surface area contributed by atoms with Crippen molar-refractivity contribution in [2.24, 2.45) is 5.92 Å². The van der Waals surface area contributed by atoms with Gasteiger partial charge in [-0.25, -0.2) is 4.79 Å². The zero-order valence-corrected chi connectivity index (χ0v) is 19.8. The van der Waals surface area contributed by atoms with Crippen molar-refractivity contribution in [2.45, 2.75) is 117 Å². The van der Waals surface area contributed by atoms with Crippen molar-refractivity contribution in [3.05, 3.63) is 12.2 Å². The van der Waals surface area contributed by atoms with E-state index in [4.69, 9.17) is 14.6 Å². The van der Waals surface area contributed by atoms with E-state index in [1.165, 1.54) is 70.6 Å². The Bertz CT molecular complexity index is 454. The Balaban J connectivity index is 0.000000696. The van der Waals surface area contributed by atoms with Crippen molar-refractivity contribution < 1.29 is 24.2 Å². The molecular weight excluding hydrogens is 380 g/mol. The lowest BCUT2D eigenvalue weighted by atomic mass is 10.0. The number of carbonyl (C=O) groups is 2. The molecule has 1 fully saturated rings. The maximum Gasteiger partial charge on any atom is 0.333 e. The van der Waals surface area contributed by atoms with E-state index in [0.717, 1.165) is 18.8 Å². The van der Waals surface area contributed by atoms with Gasteiger partial charge in [0.25, 0.3) is 0 Å². The van der Waals surface area contributed by atoms with E-state index in [2.05, 4.69) is 20.4 Å². The first-order valence-electron chi connectivity index (χ1n) is 12.0. The standard InChI is InChI=1S/C18H36O2.C7H10O3/c1-17(2)15-13-11-9-7-5-3-4-6-8-10-12-14-16-18(19)20;1-5(2)7(8)10-4-6-3-9-6/h17H,3-16H2,1-2H3,(H,19,20);6H,1,3-4H2,2H3. The average Bonchev–Trinajstić information content (AvgIpc) is 3.50. The lowest BCUT2D eigenvalue weighted by molar-refractivity contribution is -0.139. The summed E-state index contributed by atoms with van der Waals surface area (Å²) in [5.74, 6) is -0.126. The van der Waals surface area contributed by atoms with Gasteiger partial charge >= 0.3 is 11.9 Å². The van der Waals surface area contributed by atoms with Gasteiger partial charge in [-0.15, -0.1) is 0 Å². The van der Waals surface area contributed by atoms with Gasteiger partial charge < -0.3 is 14.6 Å². The van der Waals surface area contributed by atoms with Gasteiger partial charge in [-0.1, -0.05) is 97.5 Å². The van der Waals surface area contributed by atoms with Crippen LogP contribution in [0.3, 0.4) is 0 Å². The first-order chi connectivity index (χ1) is 14.3. The zero-order valence-electron chi connectivity index (χ0n) is 19.8. The molecule has 176 valence electrons. The predicted octanol–water partition coefficient (Wildman–Crippen LogP) is 6.69. The molecule has 0 aromatic carbocycles. The predicted molar refractivity (Wildman–Crippen MR) is 123 cm³/mol. The molecule has 1 aliphatic rings. The Kier molecular flexibility index (Phi) is 18.7. The van der Waals surface area contributed by atoms with Crippen LogP contribution in [0.5, 0.6) is 0 Å². The van der Waals surface area contributed by atoms with E-state index >= 15 is 0 Å². The number of epoxide rings is 1. The van der Waals surface area contributed by atoms with E-state index in [0.29, 0.717) is 25.2 Å². The molecule has 0 saturated carbocycles. The normalized spacial score (nSPS) is 14.7. The minimum Gasteiger partial charge on any atom is -0.481 e. The fraction of sp³-hybridized carbons (Fsp3) is 0.840. The van der Waals surface area contributed by atoms with Crippen molar-refractivity contribution in [1.29, 1.82) is 0 Å². The van der Waals surface area contributed by atoms with Gasteiger partial charge in [-0.2, -0.15) is 0 Å². The lowest BCUT2D eigenvalue weighted by Gasteiger charge is -2.04. The van der Waals surface area contributed by atoms with Crippen LogP contribution in [0.15, 0.2) is 12.2 Å². The molecule has 5 heteroatoms. The molecule has 0 radical (unpaired) electrons. The first-order valence-corrected chi connectivity index (χ1v) is 12.0. The summed E-state index contributed by atoms with van der Waals surface area (Å²) in [5.41, 5.74) is 0.431. The third-order valence-electron chi connectivity index (χ3n) is 5.07. The van der Waals surface area contributed by atoms with Crippen molar-refractivity contribution in [1.82, 2.24) is 0 Å². The number of carbonyl (C=O) groups excluding carboxylic acids is 1. The molecule has 1 rings (SSSR count). The summed E-state index contributed by atoms with van der Waals surface area (Å²) in [6.07, 6.45) is 17.5. The van der Waals surface area contributed by atoms with Crippen molar-refractivity contribution >= 4 is 11.9 Å². The molecule has 1 N–H and O–H groups in total. The van der Waals surface area contributed by atoms with Crippen LogP contribution in [0.4, 0.5) is 0 Å². The van der Waals surface area contributed by atoms with Crippen molar-refractivity contribution in [3.8, 4) is 0 Å². The molecule has 0 aliphatic carbocycles. The first kappa shape index (κ1) is 28.6. The molecule has 1 aliphatic heterocycles. The summed E-state index contributed by atoms with van der Waals surface area (Å²) >= 11 is 0. The molecule has 0 aromatic rings. The highest BCUT2D eigenvalue weighted by Gasteiger charge is 2.24. The summed E-state index contributed by atoms with van der Waals surface area (Å²) in [6.45, 7) is 10.8. The molecule has 5 nitrogen and oxygen atoms in total. The molecule has 1 heterocycles. The number of hydrogen-bond donors (Lipinski definition) is 1. The number of hydrogen-bond acceptors (Lipinski definition) is 4. The molecular formula is C25H46O5. The molecule has 0 amide bonds. The molecule has 0 aromatic heterocycles. The van der Waals surface area contributed by atoms with Crippen LogP contribution in [0.2, 0.25) is 0 Å². The highest BCUT2D eigenvalue weighted by molar-refractivity contribution is 5.86. The lowest BCUT2D eigenvalue weighted by Crippen LogP contribution is -2.09. The van der Waals surface area contributed by atoms with Gasteiger partial charge in [-0.3, -0.25) is 4.79 Å². The number of unbranched alkanes of at least 4 members (excludes halogenated alkanes) is 11. The van der Waals surface area contributed by atoms with Gasteiger partial charge in [0.05, 0.1) is 6.61 Å². The number of carboxylic acids is 1. The van der Waals surface area contributed by atoms with E-state index in [-0.39, 0.29) is 12.1 Å². The third-order valence-corrected chi connectivity index (χ3v) is 5.07. The van der Waals surface area contributed by atoms with Crippen LogP contribution in [0, 0.1) is 5.92 Å². The Hall–Kier alpha value is -1.36. The summed E-state index contributed by atoms with van der Waals surface area (Å²) in [7, 11) is 0. The van der Waals surface area contributed by atoms with Gasteiger partial charge in [0.15, 0.2) is 0 Å². The highest BCUT2D eigenvalue weighted by Crippen LogP contribution is 2.14. The van der Waals surface area contributed by atoms with Crippen LogP contribution in [-0.2, 0) is 19.1 Å². The Morgan fingerprint density at radius 1 is 0.933 bits per heavy atom. The number of rotatable bonds is 18. The Morgan fingerprint density at radius 2 is 1.37 bits per heavy atom. The molecule has 1 atom stereocenters. The van der Waals surface area contributed by atoms with Crippen LogP contribution in [-0.4, -0.2) is 36.4 Å². The zero-order chi connectivity index (χ0) is 22.6. The fourth-order valence-electron chi connectivity index (χ4n) is 3.05. The molecule has 0 bridgehead atoms. The van der Waals surface area contributed by atoms with E-state index in [1.807, 2.05) is 0 Å². The topological polar surface area (TPSA) is 76.1 Å². The number of ether oxygens (including phenoxy) is 2. The van der Waals surface area contributed by atoms with Crippen LogP contribution in [0.25, 0.3) is 0 Å². The number of aliphatic carboxylic acids is 1. The summed E-state index contributed by atoms with van der Waals surface area (Å²) < 4.78 is 9.60. The Labute approximate surface area is 184 Å². The second kappa shape index (κ2) is 19.6. The van der Waals surface area contributed by atoms with Crippen LogP contribution in [0.1, 0.15) is 111 Å². The molecule has 30 heavy (non-hydrogen) atoms. The van der Waals surface area contributed by atoms with E-state index < -0.39 is 5.97 Å². The maximum absolute atomic E-state index is 10.7. The van der Waals surface area contributed by atoms with Gasteiger partial charge in [0.1, 0.15) is 12.7 Å². The average molecular weight is 427 g/mol. The van der Waals surface area contributed by atoms with Gasteiger partial charge in [0.2, 0.25) is 0 Å². The third kappa shape index (κ3) is 22.9. The largest absolute Gasteiger partial charge is 0.481 e. The molecule has 0 spiro atoms.